The van der Waals surface area contributed by atoms with Crippen LogP contribution < -0.4 is 5.73 Å². The Balaban J connectivity index is 2.56. The molecule has 0 spiro atoms. The fraction of sp³-hybridized carbons (Fsp3) is 1.00. The summed E-state index contributed by atoms with van der Waals surface area (Å²) in [5.41, 5.74) is 5.41. The second kappa shape index (κ2) is 4.25. The molecule has 2 N–H and O–H groups in total. The Bertz CT molecular complexity index is 448. The molecule has 96 valence electrons. The van der Waals surface area contributed by atoms with Gasteiger partial charge < -0.3 is 5.73 Å². The molecule has 1 aliphatic rings. The largest absolute Gasteiger partial charge is 0.323 e. The minimum Gasteiger partial charge on any atom is -0.323 e. The zero-order chi connectivity index (χ0) is 12.6. The molecule has 0 bridgehead atoms. The molecule has 0 unspecified atom stereocenters. The average Bonchev–Trinajstić information content (AvgIpc) is 2.09. The third-order valence-corrected chi connectivity index (χ3v) is 5.76. The highest BCUT2D eigenvalue weighted by Gasteiger charge is 2.43. The molecule has 16 heavy (non-hydrogen) atoms. The number of sulfonamides is 1. The van der Waals surface area contributed by atoms with Gasteiger partial charge in [0.25, 0.3) is 0 Å². The van der Waals surface area contributed by atoms with Gasteiger partial charge in [0.1, 0.15) is 9.84 Å². The molecule has 1 aliphatic heterocycles. The topological polar surface area (TPSA) is 97.5 Å². The monoisotopic (exact) mass is 270 g/mol. The number of rotatable bonds is 5. The van der Waals surface area contributed by atoms with E-state index in [-0.39, 0.29) is 24.6 Å². The van der Waals surface area contributed by atoms with E-state index in [4.69, 9.17) is 5.73 Å². The molecule has 0 aromatic carbocycles. The van der Waals surface area contributed by atoms with Crippen molar-refractivity contribution in [2.24, 2.45) is 5.73 Å². The molecule has 1 fully saturated rings. The fourth-order valence-electron chi connectivity index (χ4n) is 1.46. The number of hydrogen-bond acceptors (Lipinski definition) is 5. The van der Waals surface area contributed by atoms with Crippen molar-refractivity contribution in [3.05, 3.63) is 0 Å². The van der Waals surface area contributed by atoms with E-state index in [1.807, 2.05) is 6.92 Å². The van der Waals surface area contributed by atoms with Crippen LogP contribution in [-0.2, 0) is 19.9 Å². The van der Waals surface area contributed by atoms with Crippen molar-refractivity contribution in [2.75, 3.05) is 30.9 Å². The molecule has 0 aromatic rings. The molecule has 0 aliphatic carbocycles. The van der Waals surface area contributed by atoms with E-state index >= 15 is 0 Å². The lowest BCUT2D eigenvalue weighted by Crippen LogP contribution is -2.68. The summed E-state index contributed by atoms with van der Waals surface area (Å²) < 4.78 is 46.4. The Hall–Kier alpha value is -0.180. The molecule has 0 saturated carbocycles. The second-order valence-corrected chi connectivity index (χ2v) is 8.78. The molecule has 1 rings (SSSR count). The van der Waals surface area contributed by atoms with Gasteiger partial charge in [-0.3, -0.25) is 0 Å². The first kappa shape index (κ1) is 13.9. The summed E-state index contributed by atoms with van der Waals surface area (Å²) >= 11 is 0. The van der Waals surface area contributed by atoms with E-state index in [0.29, 0.717) is 6.42 Å². The van der Waals surface area contributed by atoms with Crippen molar-refractivity contribution in [2.45, 2.75) is 18.9 Å². The molecule has 1 saturated heterocycles. The van der Waals surface area contributed by atoms with E-state index in [1.54, 1.807) is 0 Å². The maximum Gasteiger partial charge on any atom is 0.215 e. The molecular weight excluding hydrogens is 252 g/mol. The molecule has 6 nitrogen and oxygen atoms in total. The highest BCUT2D eigenvalue weighted by Crippen LogP contribution is 2.24. The van der Waals surface area contributed by atoms with Gasteiger partial charge >= 0.3 is 0 Å². The summed E-state index contributed by atoms with van der Waals surface area (Å²) in [6.07, 6.45) is 1.74. The predicted octanol–water partition coefficient (Wildman–Crippen LogP) is -1.22. The second-order valence-electron chi connectivity index (χ2n) is 4.43. The van der Waals surface area contributed by atoms with Gasteiger partial charge in [-0.05, 0) is 6.42 Å². The third kappa shape index (κ3) is 3.41. The first-order valence-corrected chi connectivity index (χ1v) is 8.69. The Morgan fingerprint density at radius 3 is 2.06 bits per heavy atom. The van der Waals surface area contributed by atoms with Gasteiger partial charge in [-0.15, -0.1) is 0 Å². The molecule has 8 heteroatoms. The number of nitrogens with two attached hydrogens (primary N) is 1. The van der Waals surface area contributed by atoms with Crippen LogP contribution in [0.1, 0.15) is 13.3 Å². The Labute approximate surface area is 96.8 Å². The van der Waals surface area contributed by atoms with Crippen molar-refractivity contribution in [3.63, 3.8) is 0 Å². The maximum absolute atomic E-state index is 11.7. The van der Waals surface area contributed by atoms with Crippen LogP contribution in [0.2, 0.25) is 0 Å². The summed E-state index contributed by atoms with van der Waals surface area (Å²) in [5.74, 6) is -0.693. The molecule has 1 heterocycles. The molecular formula is C8H18N2O4S2. The highest BCUT2D eigenvalue weighted by molar-refractivity contribution is 7.93. The summed E-state index contributed by atoms with van der Waals surface area (Å²) in [4.78, 5) is 0. The van der Waals surface area contributed by atoms with E-state index in [9.17, 15) is 16.8 Å². The van der Waals surface area contributed by atoms with Crippen molar-refractivity contribution in [1.29, 1.82) is 0 Å². The normalized spacial score (nSPS) is 21.7. The van der Waals surface area contributed by atoms with Crippen LogP contribution in [-0.4, -0.2) is 57.5 Å². The van der Waals surface area contributed by atoms with E-state index in [2.05, 4.69) is 0 Å². The highest BCUT2D eigenvalue weighted by atomic mass is 32.2. The van der Waals surface area contributed by atoms with Crippen molar-refractivity contribution >= 4 is 19.9 Å². The number of sulfone groups is 1. The lowest BCUT2D eigenvalue weighted by atomic mass is 9.91. The lowest BCUT2D eigenvalue weighted by molar-refractivity contribution is 0.153. The van der Waals surface area contributed by atoms with Gasteiger partial charge in [0, 0.05) is 24.9 Å². The van der Waals surface area contributed by atoms with Gasteiger partial charge in [-0.1, -0.05) is 6.92 Å². The first-order valence-electron chi connectivity index (χ1n) is 5.02. The minimum atomic E-state index is -3.46. The Morgan fingerprint density at radius 2 is 1.69 bits per heavy atom. The summed E-state index contributed by atoms with van der Waals surface area (Å²) in [5, 5.41) is 0. The fourth-order valence-corrected chi connectivity index (χ4v) is 4.68. The van der Waals surface area contributed by atoms with Crippen LogP contribution in [0.5, 0.6) is 0 Å². The number of nitrogens with zero attached hydrogens (tertiary/aromatic N) is 1. The molecule has 0 radical (unpaired) electrons. The van der Waals surface area contributed by atoms with Crippen LogP contribution in [0, 0.1) is 0 Å². The van der Waals surface area contributed by atoms with Crippen LogP contribution >= 0.6 is 0 Å². The van der Waals surface area contributed by atoms with Crippen LogP contribution in [0.3, 0.4) is 0 Å². The average molecular weight is 270 g/mol. The Morgan fingerprint density at radius 1 is 1.19 bits per heavy atom. The predicted molar refractivity (Wildman–Crippen MR) is 62.3 cm³/mol. The van der Waals surface area contributed by atoms with Gasteiger partial charge in [-0.2, -0.15) is 4.31 Å². The smallest absolute Gasteiger partial charge is 0.215 e. The SMILES string of the molecule is CCC1(N)CN(S(=O)(=O)CCS(C)(=O)=O)C1. The summed E-state index contributed by atoms with van der Waals surface area (Å²) in [6.45, 7) is 2.48. The van der Waals surface area contributed by atoms with Gasteiger partial charge in [0.05, 0.1) is 11.5 Å². The molecule has 0 aromatic heterocycles. The van der Waals surface area contributed by atoms with E-state index in [1.165, 1.54) is 4.31 Å². The van der Waals surface area contributed by atoms with Crippen LogP contribution in [0.25, 0.3) is 0 Å². The standard InChI is InChI=1S/C8H18N2O4S2/c1-3-8(9)6-10(7-8)16(13,14)5-4-15(2,11)12/h3-7,9H2,1-2H3. The van der Waals surface area contributed by atoms with Crippen molar-refractivity contribution < 1.29 is 16.8 Å². The lowest BCUT2D eigenvalue weighted by Gasteiger charge is -2.46. The van der Waals surface area contributed by atoms with E-state index < -0.39 is 25.4 Å². The van der Waals surface area contributed by atoms with Gasteiger partial charge in [0.15, 0.2) is 0 Å². The third-order valence-electron chi connectivity index (χ3n) is 2.79. The van der Waals surface area contributed by atoms with Gasteiger partial charge in [0.2, 0.25) is 10.0 Å². The Kier molecular flexibility index (Phi) is 3.68. The molecule has 0 atom stereocenters. The zero-order valence-electron chi connectivity index (χ0n) is 9.51. The quantitative estimate of drug-likeness (QED) is 0.675. The van der Waals surface area contributed by atoms with Crippen LogP contribution in [0.15, 0.2) is 0 Å². The summed E-state index contributed by atoms with van der Waals surface area (Å²) in [7, 11) is -6.71. The molecule has 0 amide bonds. The van der Waals surface area contributed by atoms with Gasteiger partial charge in [-0.25, -0.2) is 16.8 Å². The zero-order valence-corrected chi connectivity index (χ0v) is 11.1. The number of hydrogen-bond donors (Lipinski definition) is 1. The maximum atomic E-state index is 11.7. The van der Waals surface area contributed by atoms with Crippen LogP contribution in [0.4, 0.5) is 0 Å². The first-order chi connectivity index (χ1) is 7.08. The van der Waals surface area contributed by atoms with E-state index in [0.717, 1.165) is 6.26 Å². The summed E-state index contributed by atoms with van der Waals surface area (Å²) in [6, 6.07) is 0. The minimum absolute atomic E-state index is 0.287. The van der Waals surface area contributed by atoms with Crippen molar-refractivity contribution in [3.8, 4) is 0 Å². The van der Waals surface area contributed by atoms with Crippen molar-refractivity contribution in [1.82, 2.24) is 4.31 Å².